The number of carbonyl (C=O) groups excluding carboxylic acids is 1. The maximum Gasteiger partial charge on any atom is 0.270 e. The first-order valence-electron chi connectivity index (χ1n) is 4.98. The molecule has 0 aliphatic rings. The van der Waals surface area contributed by atoms with E-state index < -0.39 is 4.92 Å². The van der Waals surface area contributed by atoms with Crippen LogP contribution in [0.5, 0.6) is 5.75 Å². The molecule has 1 aromatic rings. The van der Waals surface area contributed by atoms with E-state index in [0.29, 0.717) is 12.0 Å². The van der Waals surface area contributed by atoms with Crippen molar-refractivity contribution >= 4 is 12.0 Å². The number of carbonyl (C=O) groups is 1. The zero-order valence-corrected chi connectivity index (χ0v) is 9.17. The van der Waals surface area contributed by atoms with E-state index in [1.54, 1.807) is 0 Å². The number of ether oxygens (including phenoxy) is 1. The van der Waals surface area contributed by atoms with Gasteiger partial charge in [-0.25, -0.2) is 0 Å². The number of non-ortho nitro benzene ring substituents is 1. The molecule has 1 atom stereocenters. The second-order valence-corrected chi connectivity index (χ2v) is 3.43. The van der Waals surface area contributed by atoms with Crippen LogP contribution in [-0.2, 0) is 0 Å². The fraction of sp³-hybridized carbons (Fsp3) is 0.364. The van der Waals surface area contributed by atoms with Gasteiger partial charge in [0.2, 0.25) is 0 Å². The van der Waals surface area contributed by atoms with Crippen LogP contribution in [0.3, 0.4) is 0 Å². The lowest BCUT2D eigenvalue weighted by atomic mass is 10.2. The largest absolute Gasteiger partial charge is 0.490 e. The number of hydrogen-bond donors (Lipinski definition) is 0. The highest BCUT2D eigenvalue weighted by Crippen LogP contribution is 2.23. The molecule has 0 amide bonds. The average molecular weight is 223 g/mol. The average Bonchev–Trinajstić information content (AvgIpc) is 2.29. The first-order valence-corrected chi connectivity index (χ1v) is 4.98. The van der Waals surface area contributed by atoms with Crippen molar-refractivity contribution in [1.29, 1.82) is 0 Å². The third kappa shape index (κ3) is 2.79. The van der Waals surface area contributed by atoms with Gasteiger partial charge in [-0.3, -0.25) is 14.9 Å². The summed E-state index contributed by atoms with van der Waals surface area (Å²) in [6.07, 6.45) is 1.33. The SMILES string of the molecule is CCC(C)Oc1ccc([N+](=O)[O-])cc1C=O. The Labute approximate surface area is 93.2 Å². The first kappa shape index (κ1) is 12.2. The van der Waals surface area contributed by atoms with Gasteiger partial charge in [-0.05, 0) is 19.4 Å². The molecule has 5 nitrogen and oxygen atoms in total. The summed E-state index contributed by atoms with van der Waals surface area (Å²) in [5.41, 5.74) is 0.0908. The molecule has 5 heteroatoms. The molecule has 0 saturated carbocycles. The van der Waals surface area contributed by atoms with Crippen LogP contribution >= 0.6 is 0 Å². The molecule has 0 saturated heterocycles. The smallest absolute Gasteiger partial charge is 0.270 e. The molecule has 1 rings (SSSR count). The van der Waals surface area contributed by atoms with Gasteiger partial charge in [0.1, 0.15) is 5.75 Å². The second kappa shape index (κ2) is 5.25. The molecule has 0 fully saturated rings. The Morgan fingerprint density at radius 1 is 1.56 bits per heavy atom. The number of nitrogens with zero attached hydrogens (tertiary/aromatic N) is 1. The molecule has 16 heavy (non-hydrogen) atoms. The van der Waals surface area contributed by atoms with Gasteiger partial charge in [0.05, 0.1) is 16.6 Å². The van der Waals surface area contributed by atoms with Crippen molar-refractivity contribution in [2.75, 3.05) is 0 Å². The summed E-state index contributed by atoms with van der Waals surface area (Å²) in [4.78, 5) is 20.7. The van der Waals surface area contributed by atoms with E-state index in [0.717, 1.165) is 6.42 Å². The third-order valence-corrected chi connectivity index (χ3v) is 2.23. The Morgan fingerprint density at radius 2 is 2.25 bits per heavy atom. The normalized spacial score (nSPS) is 11.9. The highest BCUT2D eigenvalue weighted by molar-refractivity contribution is 5.80. The lowest BCUT2D eigenvalue weighted by Gasteiger charge is -2.13. The summed E-state index contributed by atoms with van der Waals surface area (Å²) in [6, 6.07) is 3.99. The van der Waals surface area contributed by atoms with Crippen molar-refractivity contribution in [3.8, 4) is 5.75 Å². The van der Waals surface area contributed by atoms with Gasteiger partial charge < -0.3 is 4.74 Å². The molecule has 0 aliphatic heterocycles. The van der Waals surface area contributed by atoms with Crippen LogP contribution in [0, 0.1) is 10.1 Å². The van der Waals surface area contributed by atoms with E-state index in [1.807, 2.05) is 13.8 Å². The summed E-state index contributed by atoms with van der Waals surface area (Å²) in [6.45, 7) is 3.83. The molecule has 86 valence electrons. The van der Waals surface area contributed by atoms with Crippen molar-refractivity contribution in [1.82, 2.24) is 0 Å². The lowest BCUT2D eigenvalue weighted by Crippen LogP contribution is -2.11. The number of nitro benzene ring substituents is 1. The molecular weight excluding hydrogens is 210 g/mol. The van der Waals surface area contributed by atoms with Gasteiger partial charge in [0.15, 0.2) is 6.29 Å². The summed E-state index contributed by atoms with van der Waals surface area (Å²) in [5.74, 6) is 0.384. The van der Waals surface area contributed by atoms with E-state index >= 15 is 0 Å². The molecule has 1 unspecified atom stereocenters. The van der Waals surface area contributed by atoms with E-state index in [-0.39, 0.29) is 17.4 Å². The van der Waals surface area contributed by atoms with Crippen LogP contribution in [-0.4, -0.2) is 17.3 Å². The first-order chi connectivity index (χ1) is 7.58. The van der Waals surface area contributed by atoms with Gasteiger partial charge in [0, 0.05) is 12.1 Å². The number of nitro groups is 1. The van der Waals surface area contributed by atoms with Gasteiger partial charge in [-0.2, -0.15) is 0 Å². The van der Waals surface area contributed by atoms with E-state index in [4.69, 9.17) is 4.74 Å². The van der Waals surface area contributed by atoms with Crippen molar-refractivity contribution in [2.45, 2.75) is 26.4 Å². The van der Waals surface area contributed by atoms with Crippen LogP contribution in [0.15, 0.2) is 18.2 Å². The van der Waals surface area contributed by atoms with Crippen LogP contribution in [0.2, 0.25) is 0 Å². The van der Waals surface area contributed by atoms with Crippen molar-refractivity contribution < 1.29 is 14.5 Å². The zero-order chi connectivity index (χ0) is 12.1. The summed E-state index contributed by atoms with van der Waals surface area (Å²) in [7, 11) is 0. The van der Waals surface area contributed by atoms with Crippen LogP contribution in [0.4, 0.5) is 5.69 Å². The highest BCUT2D eigenvalue weighted by atomic mass is 16.6. The standard InChI is InChI=1S/C11H13NO4/c1-3-8(2)16-11-5-4-10(12(14)15)6-9(11)7-13/h4-8H,3H2,1-2H3. The number of aldehydes is 1. The lowest BCUT2D eigenvalue weighted by molar-refractivity contribution is -0.384. The van der Waals surface area contributed by atoms with Crippen LogP contribution in [0.1, 0.15) is 30.6 Å². The van der Waals surface area contributed by atoms with E-state index in [9.17, 15) is 14.9 Å². The van der Waals surface area contributed by atoms with Gasteiger partial charge in [-0.15, -0.1) is 0 Å². The van der Waals surface area contributed by atoms with Gasteiger partial charge >= 0.3 is 0 Å². The Balaban J connectivity index is 3.02. The molecule has 1 aromatic carbocycles. The van der Waals surface area contributed by atoms with Crippen LogP contribution < -0.4 is 4.74 Å². The van der Waals surface area contributed by atoms with Crippen LogP contribution in [0.25, 0.3) is 0 Å². The van der Waals surface area contributed by atoms with E-state index in [2.05, 4.69) is 0 Å². The Bertz CT molecular complexity index is 403. The van der Waals surface area contributed by atoms with Crippen molar-refractivity contribution in [3.05, 3.63) is 33.9 Å². The van der Waals surface area contributed by atoms with Gasteiger partial charge in [-0.1, -0.05) is 6.92 Å². The highest BCUT2D eigenvalue weighted by Gasteiger charge is 2.12. The summed E-state index contributed by atoms with van der Waals surface area (Å²) in [5, 5.41) is 10.5. The predicted octanol–water partition coefficient (Wildman–Crippen LogP) is 2.58. The molecule has 0 spiro atoms. The van der Waals surface area contributed by atoms with E-state index in [1.165, 1.54) is 18.2 Å². The van der Waals surface area contributed by atoms with Crippen molar-refractivity contribution in [3.63, 3.8) is 0 Å². The predicted molar refractivity (Wildman–Crippen MR) is 58.9 cm³/mol. The third-order valence-electron chi connectivity index (χ3n) is 2.23. The maximum atomic E-state index is 10.8. The number of benzene rings is 1. The molecular formula is C11H13NO4. The summed E-state index contributed by atoms with van der Waals surface area (Å²) < 4.78 is 5.47. The molecule has 0 bridgehead atoms. The number of hydrogen-bond acceptors (Lipinski definition) is 4. The Hall–Kier alpha value is -1.91. The quantitative estimate of drug-likeness (QED) is 0.437. The maximum absolute atomic E-state index is 10.8. The minimum Gasteiger partial charge on any atom is -0.490 e. The fourth-order valence-corrected chi connectivity index (χ4v) is 1.15. The monoisotopic (exact) mass is 223 g/mol. The Kier molecular flexibility index (Phi) is 3.99. The zero-order valence-electron chi connectivity index (χ0n) is 9.17. The molecule has 0 N–H and O–H groups in total. The topological polar surface area (TPSA) is 69.4 Å². The summed E-state index contributed by atoms with van der Waals surface area (Å²) >= 11 is 0. The fourth-order valence-electron chi connectivity index (χ4n) is 1.15. The number of rotatable bonds is 5. The Morgan fingerprint density at radius 3 is 2.75 bits per heavy atom. The molecule has 0 radical (unpaired) electrons. The van der Waals surface area contributed by atoms with Crippen molar-refractivity contribution in [2.24, 2.45) is 0 Å². The molecule has 0 aliphatic carbocycles. The minimum atomic E-state index is -0.542. The minimum absolute atomic E-state index is 0.0276. The molecule has 0 heterocycles. The second-order valence-electron chi connectivity index (χ2n) is 3.43. The molecule has 0 aromatic heterocycles. The van der Waals surface area contributed by atoms with Gasteiger partial charge in [0.25, 0.3) is 5.69 Å².